The molecule has 0 aliphatic carbocycles. The Morgan fingerprint density at radius 1 is 1.40 bits per heavy atom. The molecule has 1 atom stereocenters. The number of nitrogens with zero attached hydrogens (tertiary/aromatic N) is 3. The third-order valence-corrected chi connectivity index (χ3v) is 3.43. The summed E-state index contributed by atoms with van der Waals surface area (Å²) in [4.78, 5) is 20.5. The Balaban J connectivity index is 1.74. The largest absolute Gasteiger partial charge is 0.332 e. The van der Waals surface area contributed by atoms with Crippen molar-refractivity contribution in [3.63, 3.8) is 0 Å². The SMILES string of the molecule is NC(CN1CCCC1)c1noc(-c2cccc(=O)[nH]2)n1. The van der Waals surface area contributed by atoms with Crippen molar-refractivity contribution in [3.05, 3.63) is 34.4 Å². The number of pyridine rings is 1. The molecule has 106 valence electrons. The minimum atomic E-state index is -0.277. The molecule has 1 aliphatic rings. The summed E-state index contributed by atoms with van der Waals surface area (Å²) in [5, 5.41) is 3.90. The number of likely N-dealkylation sites (tertiary alicyclic amines) is 1. The Morgan fingerprint density at radius 3 is 2.95 bits per heavy atom. The zero-order chi connectivity index (χ0) is 13.9. The van der Waals surface area contributed by atoms with Crippen molar-refractivity contribution in [2.75, 3.05) is 19.6 Å². The highest BCUT2D eigenvalue weighted by molar-refractivity contribution is 5.45. The summed E-state index contributed by atoms with van der Waals surface area (Å²) in [6, 6.07) is 4.51. The number of hydrogen-bond acceptors (Lipinski definition) is 6. The highest BCUT2D eigenvalue weighted by Gasteiger charge is 2.20. The molecule has 1 fully saturated rings. The second-order valence-corrected chi connectivity index (χ2v) is 5.00. The maximum absolute atomic E-state index is 11.3. The van der Waals surface area contributed by atoms with Crippen LogP contribution in [0.1, 0.15) is 24.7 Å². The van der Waals surface area contributed by atoms with Gasteiger partial charge in [-0.3, -0.25) is 4.79 Å². The van der Waals surface area contributed by atoms with Gasteiger partial charge in [0.1, 0.15) is 5.69 Å². The van der Waals surface area contributed by atoms with Crippen molar-refractivity contribution in [3.8, 4) is 11.6 Å². The second kappa shape index (κ2) is 5.56. The fourth-order valence-corrected chi connectivity index (χ4v) is 2.39. The maximum Gasteiger partial charge on any atom is 0.274 e. The summed E-state index contributed by atoms with van der Waals surface area (Å²) >= 11 is 0. The van der Waals surface area contributed by atoms with E-state index in [0.717, 1.165) is 19.6 Å². The number of aromatic nitrogens is 3. The van der Waals surface area contributed by atoms with Crippen LogP contribution in [0.5, 0.6) is 0 Å². The van der Waals surface area contributed by atoms with Gasteiger partial charge in [0.2, 0.25) is 5.56 Å². The summed E-state index contributed by atoms with van der Waals surface area (Å²) in [6.07, 6.45) is 2.44. The lowest BCUT2D eigenvalue weighted by Gasteiger charge is -2.17. The molecule has 0 bridgehead atoms. The molecule has 7 nitrogen and oxygen atoms in total. The second-order valence-electron chi connectivity index (χ2n) is 5.00. The molecule has 20 heavy (non-hydrogen) atoms. The number of H-pyrrole nitrogens is 1. The maximum atomic E-state index is 11.3. The van der Waals surface area contributed by atoms with Crippen LogP contribution in [0.25, 0.3) is 11.6 Å². The first kappa shape index (κ1) is 13.0. The van der Waals surface area contributed by atoms with Crippen LogP contribution in [0.4, 0.5) is 0 Å². The Labute approximate surface area is 115 Å². The minimum absolute atomic E-state index is 0.205. The normalized spacial score (nSPS) is 17.4. The van der Waals surface area contributed by atoms with Crippen LogP contribution in [-0.4, -0.2) is 39.7 Å². The van der Waals surface area contributed by atoms with Gasteiger partial charge in [0.25, 0.3) is 5.89 Å². The van der Waals surface area contributed by atoms with Crippen molar-refractivity contribution in [1.29, 1.82) is 0 Å². The van der Waals surface area contributed by atoms with Gasteiger partial charge in [0.15, 0.2) is 5.82 Å². The van der Waals surface area contributed by atoms with E-state index in [4.69, 9.17) is 10.3 Å². The fraction of sp³-hybridized carbons (Fsp3) is 0.462. The van der Waals surface area contributed by atoms with Crippen LogP contribution >= 0.6 is 0 Å². The molecule has 2 aromatic heterocycles. The highest BCUT2D eigenvalue weighted by Crippen LogP contribution is 2.17. The predicted octanol–water partition coefficient (Wildman–Crippen LogP) is 0.520. The first-order valence-corrected chi connectivity index (χ1v) is 6.73. The van der Waals surface area contributed by atoms with E-state index < -0.39 is 0 Å². The van der Waals surface area contributed by atoms with Gasteiger partial charge in [-0.05, 0) is 32.0 Å². The van der Waals surface area contributed by atoms with E-state index in [-0.39, 0.29) is 17.5 Å². The zero-order valence-corrected chi connectivity index (χ0v) is 11.1. The Bertz CT molecular complexity index is 629. The van der Waals surface area contributed by atoms with Crippen LogP contribution in [0, 0.1) is 0 Å². The molecule has 3 N–H and O–H groups in total. The molecule has 1 aliphatic heterocycles. The third kappa shape index (κ3) is 2.78. The first-order valence-electron chi connectivity index (χ1n) is 6.73. The van der Waals surface area contributed by atoms with Crippen LogP contribution in [0.3, 0.4) is 0 Å². The van der Waals surface area contributed by atoms with Gasteiger partial charge < -0.3 is 20.1 Å². The molecule has 0 aromatic carbocycles. The van der Waals surface area contributed by atoms with Crippen LogP contribution < -0.4 is 11.3 Å². The molecule has 0 radical (unpaired) electrons. The van der Waals surface area contributed by atoms with E-state index in [0.29, 0.717) is 11.5 Å². The van der Waals surface area contributed by atoms with Gasteiger partial charge in [-0.2, -0.15) is 4.98 Å². The zero-order valence-electron chi connectivity index (χ0n) is 11.1. The van der Waals surface area contributed by atoms with Gasteiger partial charge in [-0.1, -0.05) is 11.2 Å². The van der Waals surface area contributed by atoms with Crippen molar-refractivity contribution in [1.82, 2.24) is 20.0 Å². The lowest BCUT2D eigenvalue weighted by atomic mass is 10.3. The molecule has 0 saturated carbocycles. The Hall–Kier alpha value is -1.99. The first-order chi connectivity index (χ1) is 9.72. The molecule has 7 heteroatoms. The molecule has 0 amide bonds. The predicted molar refractivity (Wildman–Crippen MR) is 73.0 cm³/mol. The fourth-order valence-electron chi connectivity index (χ4n) is 2.39. The quantitative estimate of drug-likeness (QED) is 0.843. The van der Waals surface area contributed by atoms with Crippen molar-refractivity contribution in [2.45, 2.75) is 18.9 Å². The number of aromatic amines is 1. The highest BCUT2D eigenvalue weighted by atomic mass is 16.5. The third-order valence-electron chi connectivity index (χ3n) is 3.43. The summed E-state index contributed by atoms with van der Waals surface area (Å²) in [5.74, 6) is 0.756. The molecule has 0 spiro atoms. The number of hydrogen-bond donors (Lipinski definition) is 2. The summed E-state index contributed by atoms with van der Waals surface area (Å²) in [5.41, 5.74) is 6.40. The monoisotopic (exact) mass is 275 g/mol. The van der Waals surface area contributed by atoms with Gasteiger partial charge >= 0.3 is 0 Å². The van der Waals surface area contributed by atoms with Gasteiger partial charge in [-0.25, -0.2) is 0 Å². The summed E-state index contributed by atoms with van der Waals surface area (Å²) in [7, 11) is 0. The van der Waals surface area contributed by atoms with Crippen LogP contribution in [0.15, 0.2) is 27.5 Å². The molecule has 3 heterocycles. The van der Waals surface area contributed by atoms with Gasteiger partial charge in [0, 0.05) is 12.6 Å². The lowest BCUT2D eigenvalue weighted by Crippen LogP contribution is -2.30. The van der Waals surface area contributed by atoms with Gasteiger partial charge in [0.05, 0.1) is 6.04 Å². The number of rotatable bonds is 4. The average molecular weight is 275 g/mol. The van der Waals surface area contributed by atoms with E-state index in [1.165, 1.54) is 18.9 Å². The minimum Gasteiger partial charge on any atom is -0.332 e. The van der Waals surface area contributed by atoms with Crippen molar-refractivity contribution < 1.29 is 4.52 Å². The summed E-state index contributed by atoms with van der Waals surface area (Å²) < 4.78 is 5.16. The number of nitrogens with two attached hydrogens (primary N) is 1. The molecule has 1 saturated heterocycles. The summed E-state index contributed by atoms with van der Waals surface area (Å²) in [6.45, 7) is 2.87. The van der Waals surface area contributed by atoms with Crippen molar-refractivity contribution >= 4 is 0 Å². The Kier molecular flexibility index (Phi) is 3.62. The van der Waals surface area contributed by atoms with E-state index in [1.54, 1.807) is 12.1 Å². The van der Waals surface area contributed by atoms with E-state index in [1.807, 2.05) is 0 Å². The molecular weight excluding hydrogens is 258 g/mol. The van der Waals surface area contributed by atoms with Gasteiger partial charge in [-0.15, -0.1) is 0 Å². The average Bonchev–Trinajstić information content (AvgIpc) is 3.09. The molecular formula is C13H17N5O2. The van der Waals surface area contributed by atoms with E-state index in [9.17, 15) is 4.79 Å². The van der Waals surface area contributed by atoms with Crippen molar-refractivity contribution in [2.24, 2.45) is 5.73 Å². The lowest BCUT2D eigenvalue weighted by molar-refractivity contribution is 0.306. The standard InChI is InChI=1S/C13H17N5O2/c14-9(8-18-6-1-2-7-18)12-16-13(20-17-12)10-4-3-5-11(19)15-10/h3-5,9H,1-2,6-8,14H2,(H,15,19). The van der Waals surface area contributed by atoms with E-state index in [2.05, 4.69) is 20.0 Å². The molecule has 1 unspecified atom stereocenters. The smallest absolute Gasteiger partial charge is 0.274 e. The van der Waals surface area contributed by atoms with E-state index >= 15 is 0 Å². The molecule has 3 rings (SSSR count). The topological polar surface area (TPSA) is 101 Å². The van der Waals surface area contributed by atoms with Crippen LogP contribution in [0.2, 0.25) is 0 Å². The molecule has 2 aromatic rings. The van der Waals surface area contributed by atoms with Crippen LogP contribution in [-0.2, 0) is 0 Å². The Morgan fingerprint density at radius 2 is 2.20 bits per heavy atom. The number of nitrogens with one attached hydrogen (secondary N) is 1.